The van der Waals surface area contributed by atoms with E-state index in [-0.39, 0.29) is 17.9 Å². The average Bonchev–Trinajstić information content (AvgIpc) is 3.24. The highest BCUT2D eigenvalue weighted by Gasteiger charge is 2.32. The summed E-state index contributed by atoms with van der Waals surface area (Å²) >= 11 is 0. The number of likely N-dealkylation sites (tertiary alicyclic amines) is 1. The normalized spacial score (nSPS) is 25.5. The third-order valence-electron chi connectivity index (χ3n) is 6.93. The molecule has 1 amide bonds. The predicted molar refractivity (Wildman–Crippen MR) is 127 cm³/mol. The first-order valence-corrected chi connectivity index (χ1v) is 11.9. The molecule has 7 heteroatoms. The van der Waals surface area contributed by atoms with Crippen LogP contribution in [0.15, 0.2) is 48.5 Å². The molecule has 0 spiro atoms. The molecule has 182 valence electrons. The molecule has 4 atom stereocenters. The van der Waals surface area contributed by atoms with Crippen molar-refractivity contribution in [1.29, 1.82) is 0 Å². The van der Waals surface area contributed by atoms with Gasteiger partial charge in [-0.1, -0.05) is 12.1 Å². The van der Waals surface area contributed by atoms with Crippen LogP contribution in [-0.2, 0) is 4.79 Å². The summed E-state index contributed by atoms with van der Waals surface area (Å²) < 4.78 is 31.8. The van der Waals surface area contributed by atoms with Crippen LogP contribution < -0.4 is 10.1 Å². The number of carbonyl (C=O) groups is 1. The number of aliphatic hydroxyl groups excluding tert-OH is 1. The lowest BCUT2D eigenvalue weighted by molar-refractivity contribution is -0.117. The lowest BCUT2D eigenvalue weighted by atomic mass is 9.86. The van der Waals surface area contributed by atoms with Crippen molar-refractivity contribution in [1.82, 2.24) is 10.2 Å². The van der Waals surface area contributed by atoms with Gasteiger partial charge >= 0.3 is 0 Å². The highest BCUT2D eigenvalue weighted by molar-refractivity contribution is 5.91. The number of ether oxygens (including phenoxy) is 1. The molecular formula is C27H32F2N2O3. The van der Waals surface area contributed by atoms with Crippen molar-refractivity contribution in [3.05, 3.63) is 71.3 Å². The van der Waals surface area contributed by atoms with Crippen molar-refractivity contribution in [2.45, 2.75) is 43.7 Å². The van der Waals surface area contributed by atoms with Gasteiger partial charge in [-0.15, -0.1) is 0 Å². The van der Waals surface area contributed by atoms with Crippen LogP contribution in [0.2, 0.25) is 0 Å². The van der Waals surface area contributed by atoms with E-state index in [1.807, 2.05) is 24.3 Å². The summed E-state index contributed by atoms with van der Waals surface area (Å²) in [4.78, 5) is 14.6. The molecular weight excluding hydrogens is 438 g/mol. The fourth-order valence-electron chi connectivity index (χ4n) is 5.23. The second-order valence-corrected chi connectivity index (χ2v) is 9.42. The number of carbonyl (C=O) groups excluding carboxylic acids is 1. The van der Waals surface area contributed by atoms with Crippen molar-refractivity contribution in [3.8, 4) is 5.75 Å². The summed E-state index contributed by atoms with van der Waals surface area (Å²) in [7, 11) is 1.65. The van der Waals surface area contributed by atoms with Crippen LogP contribution in [0.5, 0.6) is 5.75 Å². The van der Waals surface area contributed by atoms with Gasteiger partial charge in [0.05, 0.1) is 13.2 Å². The van der Waals surface area contributed by atoms with Gasteiger partial charge in [-0.05, 0) is 79.6 Å². The molecule has 1 saturated carbocycles. The number of β-amino-alcohol motifs (C(OH)–C–C–N with tert-alkyl or cyclic N) is 1. The van der Waals surface area contributed by atoms with Crippen LogP contribution >= 0.6 is 0 Å². The van der Waals surface area contributed by atoms with Gasteiger partial charge in [-0.3, -0.25) is 4.79 Å². The number of halogens is 2. The number of benzene rings is 2. The Morgan fingerprint density at radius 3 is 2.56 bits per heavy atom. The van der Waals surface area contributed by atoms with Gasteiger partial charge in [0.25, 0.3) is 0 Å². The number of aliphatic hydroxyl groups is 1. The molecule has 1 aliphatic heterocycles. The Hall–Kier alpha value is -2.77. The van der Waals surface area contributed by atoms with E-state index < -0.39 is 17.7 Å². The zero-order valence-corrected chi connectivity index (χ0v) is 19.4. The number of piperidine rings is 1. The number of nitrogens with zero attached hydrogens (tertiary/aromatic N) is 1. The maximum atomic E-state index is 13.3. The van der Waals surface area contributed by atoms with Crippen molar-refractivity contribution in [2.24, 2.45) is 5.92 Å². The zero-order chi connectivity index (χ0) is 24.1. The summed E-state index contributed by atoms with van der Waals surface area (Å²) in [5.74, 6) is -0.177. The minimum absolute atomic E-state index is 0.0909. The Labute approximate surface area is 199 Å². The van der Waals surface area contributed by atoms with Gasteiger partial charge in [0, 0.05) is 37.2 Å². The zero-order valence-electron chi connectivity index (χ0n) is 19.4. The van der Waals surface area contributed by atoms with E-state index in [1.165, 1.54) is 24.3 Å². The first kappa shape index (κ1) is 24.4. The van der Waals surface area contributed by atoms with Gasteiger partial charge in [-0.2, -0.15) is 0 Å². The molecule has 4 unspecified atom stereocenters. The molecule has 5 nitrogen and oxygen atoms in total. The van der Waals surface area contributed by atoms with Crippen molar-refractivity contribution >= 4 is 12.0 Å². The van der Waals surface area contributed by atoms with Crippen molar-refractivity contribution in [2.75, 3.05) is 26.7 Å². The summed E-state index contributed by atoms with van der Waals surface area (Å²) in [6.45, 7) is 2.50. The fraction of sp³-hybridized carbons (Fsp3) is 0.444. The maximum absolute atomic E-state index is 13.3. The van der Waals surface area contributed by atoms with E-state index in [2.05, 4.69) is 10.2 Å². The quantitative estimate of drug-likeness (QED) is 0.598. The van der Waals surface area contributed by atoms with Crippen LogP contribution in [0, 0.1) is 17.6 Å². The molecule has 1 aliphatic carbocycles. The Bertz CT molecular complexity index is 991. The lowest BCUT2D eigenvalue weighted by Crippen LogP contribution is -2.44. The van der Waals surface area contributed by atoms with Gasteiger partial charge in [0.2, 0.25) is 5.91 Å². The summed E-state index contributed by atoms with van der Waals surface area (Å²) in [5, 5.41) is 13.8. The molecule has 2 N–H and O–H groups in total. The number of rotatable bonds is 7. The highest BCUT2D eigenvalue weighted by Crippen LogP contribution is 2.32. The van der Waals surface area contributed by atoms with Crippen LogP contribution in [0.4, 0.5) is 8.78 Å². The van der Waals surface area contributed by atoms with E-state index in [1.54, 1.807) is 7.11 Å². The minimum atomic E-state index is -0.670. The van der Waals surface area contributed by atoms with Crippen LogP contribution in [0.3, 0.4) is 0 Å². The molecule has 2 fully saturated rings. The van der Waals surface area contributed by atoms with Crippen molar-refractivity contribution in [3.63, 3.8) is 0 Å². The second-order valence-electron chi connectivity index (χ2n) is 9.42. The molecule has 4 rings (SSSR count). The van der Waals surface area contributed by atoms with Gasteiger partial charge < -0.3 is 20.1 Å². The molecule has 0 bridgehead atoms. The van der Waals surface area contributed by atoms with E-state index in [0.717, 1.165) is 56.2 Å². The fourth-order valence-corrected chi connectivity index (χ4v) is 5.23. The molecule has 2 aliphatic rings. The topological polar surface area (TPSA) is 61.8 Å². The molecule has 34 heavy (non-hydrogen) atoms. The number of methoxy groups -OCH3 is 1. The van der Waals surface area contributed by atoms with Gasteiger partial charge in [0.15, 0.2) is 0 Å². The molecule has 2 aromatic rings. The third kappa shape index (κ3) is 6.42. The SMILES string of the molecule is COc1ccc(C2CCN(CC3CCC(NC(=O)/C=C/c4cc(F)cc(F)c4)C3)CC2O)cc1. The highest BCUT2D eigenvalue weighted by atomic mass is 19.1. The monoisotopic (exact) mass is 470 g/mol. The lowest BCUT2D eigenvalue weighted by Gasteiger charge is -2.37. The third-order valence-corrected chi connectivity index (χ3v) is 6.93. The molecule has 1 heterocycles. The summed E-state index contributed by atoms with van der Waals surface area (Å²) in [6, 6.07) is 11.2. The Kier molecular flexibility index (Phi) is 7.95. The molecule has 0 aromatic heterocycles. The number of hydrogen-bond donors (Lipinski definition) is 2. The van der Waals surface area contributed by atoms with Crippen molar-refractivity contribution < 1.29 is 23.4 Å². The summed E-state index contributed by atoms with van der Waals surface area (Å²) in [5.41, 5.74) is 1.46. The first-order valence-electron chi connectivity index (χ1n) is 11.9. The van der Waals surface area contributed by atoms with E-state index in [4.69, 9.17) is 4.74 Å². The van der Waals surface area contributed by atoms with E-state index in [9.17, 15) is 18.7 Å². The number of hydrogen-bond acceptors (Lipinski definition) is 4. The molecule has 1 saturated heterocycles. The largest absolute Gasteiger partial charge is 0.497 e. The molecule has 0 radical (unpaired) electrons. The standard InChI is InChI=1S/C27H32F2N2O3/c1-34-24-7-4-20(5-8-24)25-10-11-31(17-26(25)32)16-19-2-6-23(14-19)30-27(33)9-3-18-12-21(28)15-22(29)13-18/h3-5,7-9,12-13,15,19,23,25-26,32H,2,6,10-11,14,16-17H2,1H3,(H,30,33)/b9-3+. The maximum Gasteiger partial charge on any atom is 0.244 e. The Balaban J connectivity index is 1.22. The van der Waals surface area contributed by atoms with Crippen LogP contribution in [0.25, 0.3) is 6.08 Å². The van der Waals surface area contributed by atoms with Gasteiger partial charge in [-0.25, -0.2) is 8.78 Å². The Morgan fingerprint density at radius 1 is 1.15 bits per heavy atom. The van der Waals surface area contributed by atoms with Gasteiger partial charge in [0.1, 0.15) is 17.4 Å². The Morgan fingerprint density at radius 2 is 1.88 bits per heavy atom. The number of amides is 1. The van der Waals surface area contributed by atoms with E-state index >= 15 is 0 Å². The predicted octanol–water partition coefficient (Wildman–Crippen LogP) is 4.12. The average molecular weight is 471 g/mol. The van der Waals surface area contributed by atoms with Crippen LogP contribution in [-0.4, -0.2) is 54.8 Å². The smallest absolute Gasteiger partial charge is 0.244 e. The first-order chi connectivity index (χ1) is 16.4. The molecule has 2 aromatic carbocycles. The second kappa shape index (κ2) is 11.1. The summed E-state index contributed by atoms with van der Waals surface area (Å²) in [6.07, 6.45) is 6.07. The van der Waals surface area contributed by atoms with E-state index in [0.29, 0.717) is 18.0 Å². The minimum Gasteiger partial charge on any atom is -0.497 e. The number of nitrogens with one attached hydrogen (secondary N) is 1. The van der Waals surface area contributed by atoms with Crippen LogP contribution in [0.1, 0.15) is 42.7 Å².